The molecular formula is C13H13BrClFN2O. The van der Waals surface area contributed by atoms with Crippen LogP contribution in [0, 0.1) is 5.82 Å². The van der Waals surface area contributed by atoms with Crippen molar-refractivity contribution >= 4 is 27.5 Å². The maximum atomic E-state index is 13.7. The van der Waals surface area contributed by atoms with Crippen molar-refractivity contribution < 1.29 is 9.50 Å². The van der Waals surface area contributed by atoms with Gasteiger partial charge in [-0.25, -0.2) is 4.39 Å². The standard InChI is InChI=1S/C13H13BrClFN2O/c1-2-18-13(9(14)7-17-18)12(19)6-8-10(15)4-3-5-11(8)16/h3-5,7,12,19H,2,6H2,1H3. The van der Waals surface area contributed by atoms with Crippen LogP contribution in [0.4, 0.5) is 4.39 Å². The largest absolute Gasteiger partial charge is 0.386 e. The molecule has 1 aromatic carbocycles. The highest BCUT2D eigenvalue weighted by molar-refractivity contribution is 9.10. The van der Waals surface area contributed by atoms with Gasteiger partial charge in [0.05, 0.1) is 16.4 Å². The van der Waals surface area contributed by atoms with Crippen LogP contribution >= 0.6 is 27.5 Å². The lowest BCUT2D eigenvalue weighted by atomic mass is 10.0. The molecule has 1 heterocycles. The van der Waals surface area contributed by atoms with Crippen LogP contribution in [0.3, 0.4) is 0 Å². The second kappa shape index (κ2) is 6.03. The van der Waals surface area contributed by atoms with Crippen LogP contribution in [0.1, 0.15) is 24.3 Å². The zero-order valence-electron chi connectivity index (χ0n) is 10.3. The van der Waals surface area contributed by atoms with E-state index in [1.54, 1.807) is 23.0 Å². The molecule has 1 atom stereocenters. The number of hydrogen-bond donors (Lipinski definition) is 1. The third-order valence-corrected chi connectivity index (χ3v) is 3.87. The first-order valence-electron chi connectivity index (χ1n) is 5.86. The lowest BCUT2D eigenvalue weighted by Gasteiger charge is -2.14. The Morgan fingerprint density at radius 3 is 2.89 bits per heavy atom. The third-order valence-electron chi connectivity index (χ3n) is 2.91. The van der Waals surface area contributed by atoms with Crippen molar-refractivity contribution in [2.24, 2.45) is 0 Å². The summed E-state index contributed by atoms with van der Waals surface area (Å²) in [4.78, 5) is 0. The smallest absolute Gasteiger partial charge is 0.127 e. The van der Waals surface area contributed by atoms with Crippen LogP contribution < -0.4 is 0 Å². The van der Waals surface area contributed by atoms with E-state index >= 15 is 0 Å². The van der Waals surface area contributed by atoms with E-state index in [2.05, 4.69) is 21.0 Å². The van der Waals surface area contributed by atoms with Gasteiger partial charge in [-0.15, -0.1) is 0 Å². The van der Waals surface area contributed by atoms with E-state index < -0.39 is 11.9 Å². The zero-order valence-corrected chi connectivity index (χ0v) is 12.6. The van der Waals surface area contributed by atoms with Crippen molar-refractivity contribution in [3.63, 3.8) is 0 Å². The quantitative estimate of drug-likeness (QED) is 0.915. The number of nitrogens with zero attached hydrogens (tertiary/aromatic N) is 2. The minimum absolute atomic E-state index is 0.107. The van der Waals surface area contributed by atoms with E-state index in [4.69, 9.17) is 11.6 Å². The molecule has 0 saturated heterocycles. The number of aryl methyl sites for hydroxylation is 1. The molecule has 102 valence electrons. The second-order valence-corrected chi connectivity index (χ2v) is 5.38. The van der Waals surface area contributed by atoms with Gasteiger partial charge in [0.2, 0.25) is 0 Å². The SMILES string of the molecule is CCn1ncc(Br)c1C(O)Cc1c(F)cccc1Cl. The number of halogens is 3. The highest BCUT2D eigenvalue weighted by Crippen LogP contribution is 2.29. The topological polar surface area (TPSA) is 38.0 Å². The lowest BCUT2D eigenvalue weighted by molar-refractivity contribution is 0.165. The maximum Gasteiger partial charge on any atom is 0.127 e. The van der Waals surface area contributed by atoms with Crippen LogP contribution in [0.5, 0.6) is 0 Å². The predicted molar refractivity (Wildman–Crippen MR) is 75.7 cm³/mol. The van der Waals surface area contributed by atoms with Gasteiger partial charge in [-0.05, 0) is 35.0 Å². The molecule has 0 radical (unpaired) electrons. The number of aromatic nitrogens is 2. The normalized spacial score (nSPS) is 12.7. The summed E-state index contributed by atoms with van der Waals surface area (Å²) >= 11 is 9.30. The average Bonchev–Trinajstić information content (AvgIpc) is 2.75. The molecule has 2 rings (SSSR count). The Balaban J connectivity index is 2.31. The molecule has 0 fully saturated rings. The van der Waals surface area contributed by atoms with Gasteiger partial charge in [-0.3, -0.25) is 4.68 Å². The number of aliphatic hydroxyl groups excluding tert-OH is 1. The van der Waals surface area contributed by atoms with Gasteiger partial charge in [0, 0.05) is 23.6 Å². The molecule has 0 bridgehead atoms. The Kier molecular flexibility index (Phi) is 4.60. The van der Waals surface area contributed by atoms with Crippen molar-refractivity contribution in [1.29, 1.82) is 0 Å². The van der Waals surface area contributed by atoms with Crippen LogP contribution in [0.25, 0.3) is 0 Å². The van der Waals surface area contributed by atoms with Crippen LogP contribution in [0.2, 0.25) is 5.02 Å². The third kappa shape index (κ3) is 2.99. The van der Waals surface area contributed by atoms with Gasteiger partial charge < -0.3 is 5.11 Å². The minimum Gasteiger partial charge on any atom is -0.386 e. The number of aliphatic hydroxyl groups is 1. The van der Waals surface area contributed by atoms with Gasteiger partial charge in [-0.2, -0.15) is 5.10 Å². The van der Waals surface area contributed by atoms with Gasteiger partial charge in [-0.1, -0.05) is 17.7 Å². The molecule has 0 aliphatic heterocycles. The molecule has 0 amide bonds. The van der Waals surface area contributed by atoms with Crippen LogP contribution in [0.15, 0.2) is 28.9 Å². The zero-order chi connectivity index (χ0) is 14.0. The Hall–Kier alpha value is -0.910. The van der Waals surface area contributed by atoms with E-state index in [0.717, 1.165) is 0 Å². The van der Waals surface area contributed by atoms with E-state index in [0.29, 0.717) is 27.3 Å². The van der Waals surface area contributed by atoms with Crippen LogP contribution in [-0.4, -0.2) is 14.9 Å². The summed E-state index contributed by atoms with van der Waals surface area (Å²) < 4.78 is 16.1. The fraction of sp³-hybridized carbons (Fsp3) is 0.308. The molecule has 1 N–H and O–H groups in total. The first-order valence-corrected chi connectivity index (χ1v) is 7.03. The fourth-order valence-corrected chi connectivity index (χ4v) is 2.77. The van der Waals surface area contributed by atoms with Gasteiger partial charge in [0.15, 0.2) is 0 Å². The number of benzene rings is 1. The Morgan fingerprint density at radius 2 is 2.26 bits per heavy atom. The van der Waals surface area contributed by atoms with Crippen molar-refractivity contribution in [3.05, 3.63) is 51.0 Å². The molecule has 1 unspecified atom stereocenters. The lowest BCUT2D eigenvalue weighted by Crippen LogP contribution is -2.11. The molecular weight excluding hydrogens is 335 g/mol. The van der Waals surface area contributed by atoms with Gasteiger partial charge in [0.25, 0.3) is 0 Å². The Morgan fingerprint density at radius 1 is 1.53 bits per heavy atom. The molecule has 0 aliphatic carbocycles. The van der Waals surface area contributed by atoms with Crippen molar-refractivity contribution in [2.75, 3.05) is 0 Å². The highest BCUT2D eigenvalue weighted by atomic mass is 79.9. The maximum absolute atomic E-state index is 13.7. The highest BCUT2D eigenvalue weighted by Gasteiger charge is 2.20. The monoisotopic (exact) mass is 346 g/mol. The first kappa shape index (κ1) is 14.5. The molecule has 2 aromatic rings. The Bertz CT molecular complexity index is 568. The first-order chi connectivity index (χ1) is 9.04. The average molecular weight is 348 g/mol. The molecule has 0 aliphatic rings. The summed E-state index contributed by atoms with van der Waals surface area (Å²) in [6, 6.07) is 4.48. The summed E-state index contributed by atoms with van der Waals surface area (Å²) in [6.45, 7) is 2.55. The summed E-state index contributed by atoms with van der Waals surface area (Å²) in [7, 11) is 0. The predicted octanol–water partition coefficient (Wildman–Crippen LogP) is 3.73. The molecule has 3 nitrogen and oxygen atoms in total. The number of rotatable bonds is 4. The molecule has 0 spiro atoms. The minimum atomic E-state index is -0.869. The summed E-state index contributed by atoms with van der Waals surface area (Å²) in [5, 5.41) is 14.7. The molecule has 1 aromatic heterocycles. The molecule has 19 heavy (non-hydrogen) atoms. The summed E-state index contributed by atoms with van der Waals surface area (Å²) in [5.74, 6) is -0.412. The van der Waals surface area contributed by atoms with E-state index in [9.17, 15) is 9.50 Å². The van der Waals surface area contributed by atoms with Gasteiger partial charge in [0.1, 0.15) is 11.9 Å². The van der Waals surface area contributed by atoms with E-state index in [-0.39, 0.29) is 6.42 Å². The fourth-order valence-electron chi connectivity index (χ4n) is 1.97. The summed E-state index contributed by atoms with van der Waals surface area (Å²) in [5.41, 5.74) is 0.939. The van der Waals surface area contributed by atoms with Crippen LogP contribution in [-0.2, 0) is 13.0 Å². The summed E-state index contributed by atoms with van der Waals surface area (Å²) in [6.07, 6.45) is 0.854. The Labute approximate surface area is 124 Å². The number of hydrogen-bond acceptors (Lipinski definition) is 2. The molecule has 0 saturated carbocycles. The van der Waals surface area contributed by atoms with Crippen molar-refractivity contribution in [2.45, 2.75) is 26.0 Å². The molecule has 6 heteroatoms. The van der Waals surface area contributed by atoms with Gasteiger partial charge >= 0.3 is 0 Å². The van der Waals surface area contributed by atoms with Crippen molar-refractivity contribution in [3.8, 4) is 0 Å². The second-order valence-electron chi connectivity index (χ2n) is 4.11. The van der Waals surface area contributed by atoms with E-state index in [1.165, 1.54) is 6.07 Å². The van der Waals surface area contributed by atoms with Crippen molar-refractivity contribution in [1.82, 2.24) is 9.78 Å². The van der Waals surface area contributed by atoms with E-state index in [1.807, 2.05) is 6.92 Å².